The number of methoxy groups -OCH3 is 1. The maximum absolute atomic E-state index is 11.6. The fraction of sp³-hybridized carbons (Fsp3) is 0.200. The number of aryl methyl sites for hydroxylation is 2. The number of hydrogen-bond acceptors (Lipinski definition) is 3. The van der Waals surface area contributed by atoms with Gasteiger partial charge in [-0.15, -0.1) is 0 Å². The highest BCUT2D eigenvalue weighted by Gasteiger charge is 2.22. The van der Waals surface area contributed by atoms with Crippen LogP contribution in [0.15, 0.2) is 36.4 Å². The molecule has 0 saturated heterocycles. The van der Waals surface area contributed by atoms with E-state index >= 15 is 0 Å². The number of benzene rings is 1. The minimum atomic E-state index is -1.08. The van der Waals surface area contributed by atoms with Crippen molar-refractivity contribution in [2.75, 3.05) is 12.0 Å². The third-order valence-electron chi connectivity index (χ3n) is 3.05. The van der Waals surface area contributed by atoms with Gasteiger partial charge in [-0.25, -0.2) is 14.7 Å². The van der Waals surface area contributed by atoms with Gasteiger partial charge in [0.05, 0.1) is 12.8 Å². The molecule has 1 aromatic heterocycles. The Morgan fingerprint density at radius 3 is 2.45 bits per heavy atom. The van der Waals surface area contributed by atoms with Crippen molar-refractivity contribution < 1.29 is 14.6 Å². The summed E-state index contributed by atoms with van der Waals surface area (Å²) in [6.45, 7) is 3.74. The second-order valence-corrected chi connectivity index (χ2v) is 4.37. The second-order valence-electron chi connectivity index (χ2n) is 4.37. The summed E-state index contributed by atoms with van der Waals surface area (Å²) in [4.78, 5) is 17.1. The summed E-state index contributed by atoms with van der Waals surface area (Å²) in [5.41, 5.74) is 2.67. The first-order chi connectivity index (χ1) is 9.54. The van der Waals surface area contributed by atoms with Crippen LogP contribution in [-0.4, -0.2) is 23.3 Å². The van der Waals surface area contributed by atoms with Crippen LogP contribution in [0.1, 0.15) is 11.3 Å². The minimum absolute atomic E-state index is 0.291. The van der Waals surface area contributed by atoms with Crippen LogP contribution in [0.2, 0.25) is 0 Å². The van der Waals surface area contributed by atoms with E-state index < -0.39 is 6.09 Å². The zero-order valence-corrected chi connectivity index (χ0v) is 11.6. The molecule has 0 radical (unpaired) electrons. The van der Waals surface area contributed by atoms with Crippen LogP contribution in [0, 0.1) is 13.8 Å². The molecule has 1 amide bonds. The van der Waals surface area contributed by atoms with Gasteiger partial charge >= 0.3 is 6.09 Å². The van der Waals surface area contributed by atoms with Gasteiger partial charge in [0, 0.05) is 5.69 Å². The third kappa shape index (κ3) is 2.56. The fourth-order valence-corrected chi connectivity index (χ4v) is 1.91. The van der Waals surface area contributed by atoms with Crippen LogP contribution in [0.4, 0.5) is 16.2 Å². The number of carboxylic acid groups (broad SMARTS) is 1. The Labute approximate surface area is 117 Å². The van der Waals surface area contributed by atoms with Gasteiger partial charge in [0.15, 0.2) is 0 Å². The van der Waals surface area contributed by atoms with Crippen molar-refractivity contribution in [3.63, 3.8) is 0 Å². The highest BCUT2D eigenvalue weighted by Crippen LogP contribution is 2.33. The van der Waals surface area contributed by atoms with Crippen molar-refractivity contribution in [2.24, 2.45) is 0 Å². The smallest absolute Gasteiger partial charge is 0.416 e. The van der Waals surface area contributed by atoms with Gasteiger partial charge in [-0.2, -0.15) is 0 Å². The molecule has 2 rings (SSSR count). The van der Waals surface area contributed by atoms with E-state index in [4.69, 9.17) is 4.74 Å². The van der Waals surface area contributed by atoms with Gasteiger partial charge in [-0.05, 0) is 37.6 Å². The van der Waals surface area contributed by atoms with E-state index in [9.17, 15) is 9.90 Å². The lowest BCUT2D eigenvalue weighted by Gasteiger charge is -2.22. The number of anilines is 2. The molecule has 0 saturated carbocycles. The Morgan fingerprint density at radius 1 is 1.25 bits per heavy atom. The number of hydrogen-bond donors (Lipinski definition) is 1. The summed E-state index contributed by atoms with van der Waals surface area (Å²) >= 11 is 0. The summed E-state index contributed by atoms with van der Waals surface area (Å²) in [5.74, 6) is 0.291. The molecule has 1 N–H and O–H groups in total. The number of carbonyl (C=O) groups is 1. The molecule has 104 valence electrons. The van der Waals surface area contributed by atoms with Crippen molar-refractivity contribution in [1.82, 2.24) is 4.98 Å². The van der Waals surface area contributed by atoms with Crippen molar-refractivity contribution in [3.8, 4) is 5.88 Å². The molecule has 5 heteroatoms. The molecule has 0 unspecified atom stereocenters. The number of aromatic nitrogens is 1. The first kappa shape index (κ1) is 13.9. The van der Waals surface area contributed by atoms with Crippen molar-refractivity contribution in [2.45, 2.75) is 13.8 Å². The number of para-hydroxylation sites is 1. The normalized spacial score (nSPS) is 10.2. The van der Waals surface area contributed by atoms with E-state index in [1.54, 1.807) is 30.3 Å². The minimum Gasteiger partial charge on any atom is -0.479 e. The van der Waals surface area contributed by atoms with E-state index in [0.717, 1.165) is 16.2 Å². The summed E-state index contributed by atoms with van der Waals surface area (Å²) in [7, 11) is 1.48. The first-order valence-corrected chi connectivity index (χ1v) is 6.15. The SMILES string of the molecule is COc1nc(C)c(C)cc1N(C(=O)O)c1ccccc1. The Morgan fingerprint density at radius 2 is 1.90 bits per heavy atom. The molecule has 0 spiro atoms. The number of ether oxygens (including phenoxy) is 1. The molecule has 1 heterocycles. The first-order valence-electron chi connectivity index (χ1n) is 6.15. The molecule has 1 aromatic carbocycles. The molecule has 2 aromatic rings. The highest BCUT2D eigenvalue weighted by atomic mass is 16.5. The van der Waals surface area contributed by atoms with E-state index in [1.807, 2.05) is 19.9 Å². The average Bonchev–Trinajstić information content (AvgIpc) is 2.43. The fourth-order valence-electron chi connectivity index (χ4n) is 1.91. The Bertz CT molecular complexity index is 627. The summed E-state index contributed by atoms with van der Waals surface area (Å²) in [6, 6.07) is 10.6. The zero-order chi connectivity index (χ0) is 14.7. The van der Waals surface area contributed by atoms with Gasteiger partial charge in [-0.1, -0.05) is 18.2 Å². The molecule has 0 aliphatic carbocycles. The van der Waals surface area contributed by atoms with Crippen LogP contribution in [-0.2, 0) is 0 Å². The second kappa shape index (κ2) is 5.61. The molecular weight excluding hydrogens is 256 g/mol. The highest BCUT2D eigenvalue weighted by molar-refractivity contribution is 5.96. The van der Waals surface area contributed by atoms with E-state index in [1.165, 1.54) is 7.11 Å². The molecule has 0 fully saturated rings. The predicted molar refractivity (Wildman–Crippen MR) is 76.9 cm³/mol. The van der Waals surface area contributed by atoms with Gasteiger partial charge < -0.3 is 9.84 Å². The maximum atomic E-state index is 11.6. The van der Waals surface area contributed by atoms with Crippen LogP contribution in [0.5, 0.6) is 5.88 Å². The Kier molecular flexibility index (Phi) is 3.89. The van der Waals surface area contributed by atoms with Gasteiger partial charge in [0.2, 0.25) is 5.88 Å². The number of amides is 1. The third-order valence-corrected chi connectivity index (χ3v) is 3.05. The molecule has 0 aliphatic heterocycles. The summed E-state index contributed by atoms with van der Waals surface area (Å²) in [6.07, 6.45) is -1.08. The largest absolute Gasteiger partial charge is 0.479 e. The lowest BCUT2D eigenvalue weighted by molar-refractivity contribution is 0.204. The number of pyridine rings is 1. The topological polar surface area (TPSA) is 62.7 Å². The summed E-state index contributed by atoms with van der Waals surface area (Å²) < 4.78 is 5.22. The molecule has 0 bridgehead atoms. The lowest BCUT2D eigenvalue weighted by Crippen LogP contribution is -2.24. The molecule has 5 nitrogen and oxygen atoms in total. The Balaban J connectivity index is 2.61. The van der Waals surface area contributed by atoms with Gasteiger partial charge in [0.25, 0.3) is 0 Å². The maximum Gasteiger partial charge on any atom is 0.416 e. The Hall–Kier alpha value is -2.56. The average molecular weight is 272 g/mol. The van der Waals surface area contributed by atoms with Crippen LogP contribution < -0.4 is 9.64 Å². The van der Waals surface area contributed by atoms with Crippen LogP contribution in [0.3, 0.4) is 0 Å². The molecule has 0 atom stereocenters. The van der Waals surface area contributed by atoms with Crippen molar-refractivity contribution >= 4 is 17.5 Å². The van der Waals surface area contributed by atoms with Gasteiger partial charge in [-0.3, -0.25) is 0 Å². The summed E-state index contributed by atoms with van der Waals surface area (Å²) in [5, 5.41) is 9.50. The monoisotopic (exact) mass is 272 g/mol. The predicted octanol–water partition coefficient (Wildman–Crippen LogP) is 3.52. The number of rotatable bonds is 3. The van der Waals surface area contributed by atoms with Crippen molar-refractivity contribution in [3.05, 3.63) is 47.7 Å². The quantitative estimate of drug-likeness (QED) is 0.928. The zero-order valence-electron chi connectivity index (χ0n) is 11.6. The standard InChI is InChI=1S/C15H16N2O3/c1-10-9-13(14(20-3)16-11(10)2)17(15(18)19)12-7-5-4-6-8-12/h4-9H,1-3H3,(H,18,19). The number of nitrogens with zero attached hydrogens (tertiary/aromatic N) is 2. The molecule has 0 aliphatic rings. The lowest BCUT2D eigenvalue weighted by atomic mass is 10.2. The van der Waals surface area contributed by atoms with E-state index in [0.29, 0.717) is 17.3 Å². The van der Waals surface area contributed by atoms with Gasteiger partial charge in [0.1, 0.15) is 5.69 Å². The molecule has 20 heavy (non-hydrogen) atoms. The van der Waals surface area contributed by atoms with E-state index in [2.05, 4.69) is 4.98 Å². The van der Waals surface area contributed by atoms with Crippen molar-refractivity contribution in [1.29, 1.82) is 0 Å². The van der Waals surface area contributed by atoms with Crippen LogP contribution >= 0.6 is 0 Å². The molecular formula is C15H16N2O3. The van der Waals surface area contributed by atoms with E-state index in [-0.39, 0.29) is 0 Å². The van der Waals surface area contributed by atoms with Crippen LogP contribution in [0.25, 0.3) is 0 Å².